The first kappa shape index (κ1) is 6.84. The average Bonchev–Trinajstić information content (AvgIpc) is 1.64. The minimum absolute atomic E-state index is 0.983. The molecule has 0 aromatic rings. The SMILES string of the molecule is C[C@@H]1CCCC(I)C1. The minimum atomic E-state index is 0.983. The summed E-state index contributed by atoms with van der Waals surface area (Å²) in [7, 11) is 0. The van der Waals surface area contributed by atoms with Crippen molar-refractivity contribution in [3.8, 4) is 0 Å². The van der Waals surface area contributed by atoms with Gasteiger partial charge in [0.15, 0.2) is 0 Å². The summed E-state index contributed by atoms with van der Waals surface area (Å²) >= 11 is 2.57. The number of rotatable bonds is 0. The van der Waals surface area contributed by atoms with E-state index in [0.717, 1.165) is 9.84 Å². The number of halogens is 1. The third-order valence-electron chi connectivity index (χ3n) is 1.87. The summed E-state index contributed by atoms with van der Waals surface area (Å²) in [6.07, 6.45) is 5.86. The molecule has 2 atom stereocenters. The van der Waals surface area contributed by atoms with Crippen LogP contribution < -0.4 is 0 Å². The first-order valence-corrected chi connectivity index (χ1v) is 4.67. The van der Waals surface area contributed by atoms with Crippen LogP contribution in [-0.4, -0.2) is 3.92 Å². The molecule has 0 nitrogen and oxygen atoms in total. The molecule has 0 aliphatic heterocycles. The summed E-state index contributed by atoms with van der Waals surface area (Å²) in [5.41, 5.74) is 0. The van der Waals surface area contributed by atoms with Crippen molar-refractivity contribution in [1.29, 1.82) is 0 Å². The van der Waals surface area contributed by atoms with Gasteiger partial charge in [-0.1, -0.05) is 42.4 Å². The van der Waals surface area contributed by atoms with Gasteiger partial charge < -0.3 is 0 Å². The lowest BCUT2D eigenvalue weighted by Gasteiger charge is -2.21. The largest absolute Gasteiger partial charge is 0.0826 e. The second-order valence-corrected chi connectivity index (χ2v) is 4.63. The topological polar surface area (TPSA) is 0 Å². The molecule has 1 unspecified atom stereocenters. The maximum Gasteiger partial charge on any atom is 0.0112 e. The smallest absolute Gasteiger partial charge is 0.0112 e. The monoisotopic (exact) mass is 224 g/mol. The molecule has 0 aromatic heterocycles. The van der Waals surface area contributed by atoms with Gasteiger partial charge in [0.2, 0.25) is 0 Å². The van der Waals surface area contributed by atoms with E-state index in [4.69, 9.17) is 0 Å². The van der Waals surface area contributed by atoms with E-state index >= 15 is 0 Å². The molecule has 8 heavy (non-hydrogen) atoms. The molecule has 1 saturated carbocycles. The predicted molar refractivity (Wildman–Crippen MR) is 45.4 cm³/mol. The average molecular weight is 224 g/mol. The van der Waals surface area contributed by atoms with Crippen molar-refractivity contribution in [2.24, 2.45) is 5.92 Å². The highest BCUT2D eigenvalue weighted by atomic mass is 127. The zero-order chi connectivity index (χ0) is 5.98. The van der Waals surface area contributed by atoms with E-state index in [9.17, 15) is 0 Å². The Bertz CT molecular complexity index is 62.8. The quantitative estimate of drug-likeness (QED) is 0.438. The summed E-state index contributed by atoms with van der Waals surface area (Å²) in [5, 5.41) is 0. The molecule has 0 aromatic carbocycles. The Kier molecular flexibility index (Phi) is 2.60. The molecule has 1 aliphatic rings. The van der Waals surface area contributed by atoms with Crippen LogP contribution in [0.15, 0.2) is 0 Å². The van der Waals surface area contributed by atoms with Gasteiger partial charge in [0.05, 0.1) is 0 Å². The van der Waals surface area contributed by atoms with Crippen LogP contribution in [0.5, 0.6) is 0 Å². The molecule has 0 N–H and O–H groups in total. The van der Waals surface area contributed by atoms with Gasteiger partial charge in [-0.2, -0.15) is 0 Å². The van der Waals surface area contributed by atoms with Crippen molar-refractivity contribution in [3.05, 3.63) is 0 Å². The maximum absolute atomic E-state index is 2.57. The van der Waals surface area contributed by atoms with Gasteiger partial charge >= 0.3 is 0 Å². The summed E-state index contributed by atoms with van der Waals surface area (Å²) in [6, 6.07) is 0. The van der Waals surface area contributed by atoms with Gasteiger partial charge in [-0.25, -0.2) is 0 Å². The Hall–Kier alpha value is 0.730. The molecule has 0 spiro atoms. The summed E-state index contributed by atoms with van der Waals surface area (Å²) < 4.78 is 0.983. The van der Waals surface area contributed by atoms with Crippen molar-refractivity contribution in [2.45, 2.75) is 36.5 Å². The third kappa shape index (κ3) is 1.92. The normalized spacial score (nSPS) is 39.8. The molecule has 0 radical (unpaired) electrons. The summed E-state index contributed by atoms with van der Waals surface area (Å²) in [6.45, 7) is 2.37. The molecule has 0 bridgehead atoms. The molecular weight excluding hydrogens is 211 g/mol. The van der Waals surface area contributed by atoms with E-state index in [1.165, 1.54) is 25.7 Å². The highest BCUT2D eigenvalue weighted by Gasteiger charge is 2.14. The van der Waals surface area contributed by atoms with Gasteiger partial charge in [0.25, 0.3) is 0 Å². The molecule has 1 aliphatic carbocycles. The van der Waals surface area contributed by atoms with Crippen LogP contribution >= 0.6 is 22.6 Å². The Labute approximate surface area is 65.2 Å². The van der Waals surface area contributed by atoms with Crippen LogP contribution in [-0.2, 0) is 0 Å². The van der Waals surface area contributed by atoms with Gasteiger partial charge in [0, 0.05) is 3.92 Å². The molecule has 48 valence electrons. The molecule has 0 heterocycles. The summed E-state index contributed by atoms with van der Waals surface area (Å²) in [5.74, 6) is 1.01. The van der Waals surface area contributed by atoms with Crippen LogP contribution in [0.1, 0.15) is 32.6 Å². The van der Waals surface area contributed by atoms with E-state index in [0.29, 0.717) is 0 Å². The van der Waals surface area contributed by atoms with Gasteiger partial charge in [-0.05, 0) is 18.8 Å². The lowest BCUT2D eigenvalue weighted by molar-refractivity contribution is 0.402. The first-order valence-electron chi connectivity index (χ1n) is 3.43. The highest BCUT2D eigenvalue weighted by Crippen LogP contribution is 2.28. The van der Waals surface area contributed by atoms with E-state index in [-0.39, 0.29) is 0 Å². The molecule has 0 saturated heterocycles. The standard InChI is InChI=1S/C7H13I/c1-6-3-2-4-7(8)5-6/h6-7H,2-5H2,1H3/t6-,7?/m1/s1. The molecule has 1 fully saturated rings. The van der Waals surface area contributed by atoms with Gasteiger partial charge in [0.1, 0.15) is 0 Å². The number of hydrogen-bond donors (Lipinski definition) is 0. The predicted octanol–water partition coefficient (Wildman–Crippen LogP) is 3.00. The fourth-order valence-corrected chi connectivity index (χ4v) is 2.67. The first-order chi connectivity index (χ1) is 3.79. The zero-order valence-electron chi connectivity index (χ0n) is 5.36. The second-order valence-electron chi connectivity index (χ2n) is 2.87. The Morgan fingerprint density at radius 1 is 1.38 bits per heavy atom. The second kappa shape index (κ2) is 3.04. The van der Waals surface area contributed by atoms with Crippen molar-refractivity contribution in [2.75, 3.05) is 0 Å². The Balaban J connectivity index is 2.23. The maximum atomic E-state index is 2.57. The van der Waals surface area contributed by atoms with Crippen LogP contribution in [0.25, 0.3) is 0 Å². The van der Waals surface area contributed by atoms with E-state index < -0.39 is 0 Å². The van der Waals surface area contributed by atoms with Gasteiger partial charge in [-0.3, -0.25) is 0 Å². The van der Waals surface area contributed by atoms with Crippen LogP contribution in [0, 0.1) is 5.92 Å². The van der Waals surface area contributed by atoms with Gasteiger partial charge in [-0.15, -0.1) is 0 Å². The Morgan fingerprint density at radius 3 is 2.50 bits per heavy atom. The van der Waals surface area contributed by atoms with Crippen molar-refractivity contribution >= 4 is 22.6 Å². The van der Waals surface area contributed by atoms with E-state index in [1.54, 1.807) is 0 Å². The zero-order valence-corrected chi connectivity index (χ0v) is 7.52. The molecule has 1 rings (SSSR count). The highest BCUT2D eigenvalue weighted by molar-refractivity contribution is 14.1. The Morgan fingerprint density at radius 2 is 2.12 bits per heavy atom. The number of alkyl halides is 1. The third-order valence-corrected chi connectivity index (χ3v) is 3.00. The lowest BCUT2D eigenvalue weighted by atomic mass is 9.91. The molecule has 1 heteroatoms. The van der Waals surface area contributed by atoms with E-state index in [2.05, 4.69) is 29.5 Å². The van der Waals surface area contributed by atoms with Crippen molar-refractivity contribution < 1.29 is 0 Å². The fraction of sp³-hybridized carbons (Fsp3) is 1.00. The summed E-state index contributed by atoms with van der Waals surface area (Å²) in [4.78, 5) is 0. The fourth-order valence-electron chi connectivity index (χ4n) is 1.36. The van der Waals surface area contributed by atoms with Crippen molar-refractivity contribution in [1.82, 2.24) is 0 Å². The van der Waals surface area contributed by atoms with E-state index in [1.807, 2.05) is 0 Å². The van der Waals surface area contributed by atoms with Crippen LogP contribution in [0.3, 0.4) is 0 Å². The van der Waals surface area contributed by atoms with Crippen LogP contribution in [0.4, 0.5) is 0 Å². The number of hydrogen-bond acceptors (Lipinski definition) is 0. The van der Waals surface area contributed by atoms with Crippen molar-refractivity contribution in [3.63, 3.8) is 0 Å². The molecule has 0 amide bonds. The van der Waals surface area contributed by atoms with Crippen LogP contribution in [0.2, 0.25) is 0 Å². The minimum Gasteiger partial charge on any atom is -0.0826 e. The molecular formula is C7H13I. The lowest BCUT2D eigenvalue weighted by Crippen LogP contribution is -2.11.